The van der Waals surface area contributed by atoms with Gasteiger partial charge in [-0.15, -0.1) is 0 Å². The van der Waals surface area contributed by atoms with Crippen molar-refractivity contribution in [1.82, 2.24) is 10.6 Å². The quantitative estimate of drug-likeness (QED) is 0.568. The third-order valence-corrected chi connectivity index (χ3v) is 2.48. The molecule has 108 valence electrons. The van der Waals surface area contributed by atoms with Crippen LogP contribution in [0.3, 0.4) is 0 Å². The number of phenols is 1. The number of rotatable bonds is 6. The number of hydrogen-bond acceptors (Lipinski definition) is 4. The maximum Gasteiger partial charge on any atom is 0.322 e. The summed E-state index contributed by atoms with van der Waals surface area (Å²) in [4.78, 5) is 33.3. The van der Waals surface area contributed by atoms with Crippen molar-refractivity contribution >= 4 is 17.8 Å². The number of amides is 2. The predicted octanol–water partition coefficient (Wildman–Crippen LogP) is -0.360. The second-order valence-corrected chi connectivity index (χ2v) is 4.24. The topological polar surface area (TPSA) is 116 Å². The number of carboxylic acid groups (broad SMARTS) is 1. The number of aromatic hydroxyl groups is 1. The lowest BCUT2D eigenvalue weighted by Crippen LogP contribution is -2.48. The fraction of sp³-hybridized carbons (Fsp3) is 0.308. The van der Waals surface area contributed by atoms with Gasteiger partial charge in [0.2, 0.25) is 11.8 Å². The SMILES string of the molecule is CC(=O)N[C@@H](Cc1ccc(O)cc1)C(=O)NCC(=O)O. The van der Waals surface area contributed by atoms with Crippen molar-refractivity contribution in [2.45, 2.75) is 19.4 Å². The van der Waals surface area contributed by atoms with E-state index in [9.17, 15) is 19.5 Å². The van der Waals surface area contributed by atoms with Gasteiger partial charge in [-0.3, -0.25) is 14.4 Å². The summed E-state index contributed by atoms with van der Waals surface area (Å²) in [6.45, 7) is 0.763. The third kappa shape index (κ3) is 5.38. The first-order valence-electron chi connectivity index (χ1n) is 5.93. The van der Waals surface area contributed by atoms with Crippen LogP contribution in [0.1, 0.15) is 12.5 Å². The molecule has 0 saturated heterocycles. The summed E-state index contributed by atoms with van der Waals surface area (Å²) < 4.78 is 0. The number of phenolic OH excluding ortho intramolecular Hbond substituents is 1. The Morgan fingerprint density at radius 1 is 1.20 bits per heavy atom. The average Bonchev–Trinajstić information content (AvgIpc) is 2.37. The fourth-order valence-corrected chi connectivity index (χ4v) is 1.61. The van der Waals surface area contributed by atoms with Gasteiger partial charge < -0.3 is 20.8 Å². The molecule has 0 bridgehead atoms. The average molecular weight is 280 g/mol. The van der Waals surface area contributed by atoms with E-state index in [1.807, 2.05) is 0 Å². The minimum atomic E-state index is -1.16. The van der Waals surface area contributed by atoms with E-state index in [-0.39, 0.29) is 18.1 Å². The summed E-state index contributed by atoms with van der Waals surface area (Å²) >= 11 is 0. The van der Waals surface area contributed by atoms with Crippen molar-refractivity contribution in [2.24, 2.45) is 0 Å². The van der Waals surface area contributed by atoms with Gasteiger partial charge in [-0.05, 0) is 17.7 Å². The molecule has 2 amide bonds. The van der Waals surface area contributed by atoms with E-state index in [4.69, 9.17) is 5.11 Å². The van der Waals surface area contributed by atoms with Crippen LogP contribution in [0.4, 0.5) is 0 Å². The molecular formula is C13H16N2O5. The Hall–Kier alpha value is -2.57. The Morgan fingerprint density at radius 3 is 2.30 bits per heavy atom. The van der Waals surface area contributed by atoms with E-state index in [0.29, 0.717) is 0 Å². The normalized spacial score (nSPS) is 11.4. The lowest BCUT2D eigenvalue weighted by Gasteiger charge is -2.17. The Bertz CT molecular complexity index is 498. The summed E-state index contributed by atoms with van der Waals surface area (Å²) in [7, 11) is 0. The van der Waals surface area contributed by atoms with Gasteiger partial charge in [0.05, 0.1) is 0 Å². The van der Waals surface area contributed by atoms with Crippen LogP contribution in [-0.4, -0.2) is 40.6 Å². The van der Waals surface area contributed by atoms with E-state index in [1.165, 1.54) is 19.1 Å². The third-order valence-electron chi connectivity index (χ3n) is 2.48. The van der Waals surface area contributed by atoms with Crippen molar-refractivity contribution in [3.05, 3.63) is 29.8 Å². The molecule has 0 spiro atoms. The molecule has 1 atom stereocenters. The number of hydrogen-bond donors (Lipinski definition) is 4. The number of carboxylic acids is 1. The van der Waals surface area contributed by atoms with Crippen molar-refractivity contribution in [2.75, 3.05) is 6.54 Å². The molecule has 7 heteroatoms. The monoisotopic (exact) mass is 280 g/mol. The van der Waals surface area contributed by atoms with Gasteiger partial charge in [0.1, 0.15) is 18.3 Å². The van der Waals surface area contributed by atoms with Gasteiger partial charge in [0.25, 0.3) is 0 Å². The highest BCUT2D eigenvalue weighted by Gasteiger charge is 2.20. The molecule has 1 rings (SSSR count). The first-order chi connectivity index (χ1) is 9.38. The van der Waals surface area contributed by atoms with Gasteiger partial charge in [-0.25, -0.2) is 0 Å². The molecule has 20 heavy (non-hydrogen) atoms. The molecule has 0 unspecified atom stereocenters. The maximum atomic E-state index is 11.8. The van der Waals surface area contributed by atoms with E-state index in [1.54, 1.807) is 12.1 Å². The highest BCUT2D eigenvalue weighted by Crippen LogP contribution is 2.11. The molecule has 1 aromatic carbocycles. The lowest BCUT2D eigenvalue weighted by molar-refractivity contribution is -0.138. The van der Waals surface area contributed by atoms with Gasteiger partial charge in [-0.2, -0.15) is 0 Å². The molecule has 1 aromatic rings. The molecule has 0 radical (unpaired) electrons. The van der Waals surface area contributed by atoms with Crippen LogP contribution in [0.5, 0.6) is 5.75 Å². The Labute approximate surface area is 115 Å². The smallest absolute Gasteiger partial charge is 0.322 e. The number of benzene rings is 1. The highest BCUT2D eigenvalue weighted by molar-refractivity contribution is 5.89. The summed E-state index contributed by atoms with van der Waals surface area (Å²) in [5.74, 6) is -2.03. The number of carbonyl (C=O) groups is 3. The number of carbonyl (C=O) groups excluding carboxylic acids is 2. The second-order valence-electron chi connectivity index (χ2n) is 4.24. The van der Waals surface area contributed by atoms with E-state index >= 15 is 0 Å². The summed E-state index contributed by atoms with van der Waals surface area (Å²) in [5, 5.41) is 22.4. The molecular weight excluding hydrogens is 264 g/mol. The zero-order valence-electron chi connectivity index (χ0n) is 10.9. The second kappa shape index (κ2) is 7.13. The first-order valence-corrected chi connectivity index (χ1v) is 5.93. The summed E-state index contributed by atoms with van der Waals surface area (Å²) in [5.41, 5.74) is 0.729. The minimum absolute atomic E-state index is 0.0974. The van der Waals surface area contributed by atoms with Crippen LogP contribution < -0.4 is 10.6 Å². The molecule has 0 saturated carbocycles. The van der Waals surface area contributed by atoms with Crippen molar-refractivity contribution in [3.8, 4) is 5.75 Å². The van der Waals surface area contributed by atoms with Crippen LogP contribution in [-0.2, 0) is 20.8 Å². The van der Waals surface area contributed by atoms with Gasteiger partial charge in [0.15, 0.2) is 0 Å². The molecule has 0 heterocycles. The van der Waals surface area contributed by atoms with Crippen LogP contribution in [0.2, 0.25) is 0 Å². The van der Waals surface area contributed by atoms with Crippen LogP contribution in [0.25, 0.3) is 0 Å². The van der Waals surface area contributed by atoms with Crippen molar-refractivity contribution < 1.29 is 24.6 Å². The van der Waals surface area contributed by atoms with Gasteiger partial charge >= 0.3 is 5.97 Å². The molecule has 0 aliphatic rings. The largest absolute Gasteiger partial charge is 0.508 e. The van der Waals surface area contributed by atoms with E-state index < -0.39 is 24.5 Å². The van der Waals surface area contributed by atoms with Crippen molar-refractivity contribution in [1.29, 1.82) is 0 Å². The maximum absolute atomic E-state index is 11.8. The van der Waals surface area contributed by atoms with E-state index in [2.05, 4.69) is 10.6 Å². The Balaban J connectivity index is 2.72. The minimum Gasteiger partial charge on any atom is -0.508 e. The fourth-order valence-electron chi connectivity index (χ4n) is 1.61. The molecule has 0 aromatic heterocycles. The van der Waals surface area contributed by atoms with Crippen LogP contribution >= 0.6 is 0 Å². The van der Waals surface area contributed by atoms with Gasteiger partial charge in [0, 0.05) is 13.3 Å². The first kappa shape index (κ1) is 15.5. The van der Waals surface area contributed by atoms with Crippen LogP contribution in [0, 0.1) is 0 Å². The van der Waals surface area contributed by atoms with Crippen LogP contribution in [0.15, 0.2) is 24.3 Å². The molecule has 0 fully saturated rings. The standard InChI is InChI=1S/C13H16N2O5/c1-8(16)15-11(13(20)14-7-12(18)19)6-9-2-4-10(17)5-3-9/h2-5,11,17H,6-7H2,1H3,(H,14,20)(H,15,16)(H,18,19)/t11-/m0/s1. The Morgan fingerprint density at radius 2 is 1.80 bits per heavy atom. The lowest BCUT2D eigenvalue weighted by atomic mass is 10.0. The highest BCUT2D eigenvalue weighted by atomic mass is 16.4. The zero-order valence-corrected chi connectivity index (χ0v) is 10.9. The zero-order chi connectivity index (χ0) is 15.1. The number of aliphatic carboxylic acids is 1. The van der Waals surface area contributed by atoms with Crippen molar-refractivity contribution in [3.63, 3.8) is 0 Å². The molecule has 0 aliphatic carbocycles. The summed E-state index contributed by atoms with van der Waals surface area (Å²) in [6.07, 6.45) is 0.200. The molecule has 7 nitrogen and oxygen atoms in total. The van der Waals surface area contributed by atoms with Gasteiger partial charge in [-0.1, -0.05) is 12.1 Å². The Kier molecular flexibility index (Phi) is 5.52. The predicted molar refractivity (Wildman–Crippen MR) is 70.1 cm³/mol. The summed E-state index contributed by atoms with van der Waals surface area (Å²) in [6, 6.07) is 5.31. The molecule has 4 N–H and O–H groups in total. The molecule has 0 aliphatic heterocycles. The van der Waals surface area contributed by atoms with E-state index in [0.717, 1.165) is 5.56 Å². The number of nitrogens with one attached hydrogen (secondary N) is 2.